The van der Waals surface area contributed by atoms with E-state index in [1.54, 1.807) is 6.33 Å². The molecule has 0 spiro atoms. The van der Waals surface area contributed by atoms with Crippen molar-refractivity contribution in [2.45, 2.75) is 25.3 Å². The molecule has 1 unspecified atom stereocenters. The van der Waals surface area contributed by atoms with Crippen molar-refractivity contribution in [3.63, 3.8) is 0 Å². The molecule has 2 fully saturated rings. The summed E-state index contributed by atoms with van der Waals surface area (Å²) in [5, 5.41) is 8.14. The van der Waals surface area contributed by atoms with Crippen LogP contribution < -0.4 is 10.6 Å². The number of anilines is 1. The quantitative estimate of drug-likeness (QED) is 0.814. The van der Waals surface area contributed by atoms with Crippen molar-refractivity contribution >= 4 is 11.5 Å². The average molecular weight is 258 g/mol. The number of aromatic nitrogens is 4. The van der Waals surface area contributed by atoms with E-state index < -0.39 is 0 Å². The summed E-state index contributed by atoms with van der Waals surface area (Å²) >= 11 is 0. The molecule has 1 aliphatic heterocycles. The zero-order valence-corrected chi connectivity index (χ0v) is 10.8. The van der Waals surface area contributed by atoms with Gasteiger partial charge in [-0.25, -0.2) is 4.98 Å². The van der Waals surface area contributed by atoms with Crippen molar-refractivity contribution in [2.24, 2.45) is 17.6 Å². The van der Waals surface area contributed by atoms with Gasteiger partial charge in [0, 0.05) is 31.5 Å². The normalized spacial score (nSPS) is 30.8. The van der Waals surface area contributed by atoms with E-state index in [0.717, 1.165) is 43.3 Å². The second-order valence-electron chi connectivity index (χ2n) is 5.81. The van der Waals surface area contributed by atoms with Gasteiger partial charge in [0.15, 0.2) is 5.82 Å². The van der Waals surface area contributed by atoms with Crippen molar-refractivity contribution < 1.29 is 0 Å². The SMILES string of the molecule is NC1CC[C@@H]2CN(c3nccn4cnnc34)C[C@@H]2C1. The Hall–Kier alpha value is -1.69. The van der Waals surface area contributed by atoms with Crippen molar-refractivity contribution in [3.05, 3.63) is 18.7 Å². The summed E-state index contributed by atoms with van der Waals surface area (Å²) in [5.74, 6) is 2.45. The van der Waals surface area contributed by atoms with Crippen LogP contribution in [0.3, 0.4) is 0 Å². The molecule has 19 heavy (non-hydrogen) atoms. The Balaban J connectivity index is 1.65. The Morgan fingerprint density at radius 1 is 1.21 bits per heavy atom. The molecule has 0 amide bonds. The van der Waals surface area contributed by atoms with Crippen LogP contribution in [0.4, 0.5) is 5.82 Å². The van der Waals surface area contributed by atoms with Gasteiger partial charge in [-0.05, 0) is 31.1 Å². The molecule has 0 radical (unpaired) electrons. The van der Waals surface area contributed by atoms with Gasteiger partial charge in [0.1, 0.15) is 6.33 Å². The maximum atomic E-state index is 6.09. The Morgan fingerprint density at radius 3 is 3.05 bits per heavy atom. The molecule has 1 aliphatic carbocycles. The van der Waals surface area contributed by atoms with Gasteiger partial charge < -0.3 is 10.6 Å². The van der Waals surface area contributed by atoms with Gasteiger partial charge in [-0.1, -0.05) is 0 Å². The molecule has 3 atom stereocenters. The van der Waals surface area contributed by atoms with E-state index in [1.807, 2.05) is 16.8 Å². The summed E-state index contributed by atoms with van der Waals surface area (Å²) in [6, 6.07) is 0.387. The second kappa shape index (κ2) is 4.16. The Labute approximate surface area is 111 Å². The molecule has 100 valence electrons. The first kappa shape index (κ1) is 11.2. The first-order valence-corrected chi connectivity index (χ1v) is 6.96. The van der Waals surface area contributed by atoms with E-state index in [9.17, 15) is 0 Å². The molecular weight excluding hydrogens is 240 g/mol. The number of hydrogen-bond donors (Lipinski definition) is 1. The third-order valence-corrected chi connectivity index (χ3v) is 4.59. The third-order valence-electron chi connectivity index (χ3n) is 4.59. The molecule has 2 aliphatic rings. The first-order valence-electron chi connectivity index (χ1n) is 6.96. The predicted molar refractivity (Wildman–Crippen MR) is 71.8 cm³/mol. The van der Waals surface area contributed by atoms with Gasteiger partial charge in [0.25, 0.3) is 0 Å². The summed E-state index contributed by atoms with van der Waals surface area (Å²) in [7, 11) is 0. The topological polar surface area (TPSA) is 72.3 Å². The standard InChI is InChI=1S/C13H18N6/c14-11-2-1-9-6-19(7-10(9)5-11)12-13-17-16-8-18(13)4-3-15-12/h3-4,8-11H,1-2,5-7,14H2/t9-,10+,11?/m1/s1. The van der Waals surface area contributed by atoms with E-state index in [0.29, 0.717) is 12.0 Å². The van der Waals surface area contributed by atoms with E-state index in [4.69, 9.17) is 5.73 Å². The minimum Gasteiger partial charge on any atom is -0.353 e. The molecular formula is C13H18N6. The Bertz CT molecular complexity index is 594. The Morgan fingerprint density at radius 2 is 2.11 bits per heavy atom. The fraction of sp³-hybridized carbons (Fsp3) is 0.615. The van der Waals surface area contributed by atoms with Crippen LogP contribution in [0.5, 0.6) is 0 Å². The molecule has 1 saturated heterocycles. The lowest BCUT2D eigenvalue weighted by Gasteiger charge is -2.27. The van der Waals surface area contributed by atoms with E-state index in [-0.39, 0.29) is 0 Å². The fourth-order valence-corrected chi connectivity index (χ4v) is 3.61. The lowest BCUT2D eigenvalue weighted by Crippen LogP contribution is -2.32. The zero-order chi connectivity index (χ0) is 12.8. The van der Waals surface area contributed by atoms with Crippen molar-refractivity contribution in [3.8, 4) is 0 Å². The largest absolute Gasteiger partial charge is 0.353 e. The molecule has 0 aromatic carbocycles. The zero-order valence-electron chi connectivity index (χ0n) is 10.8. The molecule has 0 bridgehead atoms. The van der Waals surface area contributed by atoms with Crippen molar-refractivity contribution in [1.82, 2.24) is 19.6 Å². The lowest BCUT2D eigenvalue weighted by atomic mass is 9.79. The number of nitrogens with two attached hydrogens (primary N) is 1. The van der Waals surface area contributed by atoms with Crippen LogP contribution in [0.2, 0.25) is 0 Å². The summed E-state index contributed by atoms with van der Waals surface area (Å²) < 4.78 is 1.93. The second-order valence-corrected chi connectivity index (χ2v) is 5.81. The van der Waals surface area contributed by atoms with Gasteiger partial charge in [-0.15, -0.1) is 10.2 Å². The fourth-order valence-electron chi connectivity index (χ4n) is 3.61. The first-order chi connectivity index (χ1) is 9.31. The highest BCUT2D eigenvalue weighted by Gasteiger charge is 2.37. The van der Waals surface area contributed by atoms with Gasteiger partial charge >= 0.3 is 0 Å². The molecule has 2 N–H and O–H groups in total. The van der Waals surface area contributed by atoms with Crippen LogP contribution in [0.1, 0.15) is 19.3 Å². The summed E-state index contributed by atoms with van der Waals surface area (Å²) in [5.41, 5.74) is 6.94. The number of hydrogen-bond acceptors (Lipinski definition) is 5. The highest BCUT2D eigenvalue weighted by molar-refractivity contribution is 5.63. The van der Waals surface area contributed by atoms with Gasteiger partial charge in [0.2, 0.25) is 5.65 Å². The van der Waals surface area contributed by atoms with Crippen LogP contribution in [-0.4, -0.2) is 38.7 Å². The molecule has 3 heterocycles. The van der Waals surface area contributed by atoms with Crippen LogP contribution in [0, 0.1) is 11.8 Å². The summed E-state index contributed by atoms with van der Waals surface area (Å²) in [4.78, 5) is 6.87. The molecule has 6 nitrogen and oxygen atoms in total. The monoisotopic (exact) mass is 258 g/mol. The van der Waals surface area contributed by atoms with E-state index >= 15 is 0 Å². The third kappa shape index (κ3) is 1.78. The molecule has 4 rings (SSSR count). The van der Waals surface area contributed by atoms with E-state index in [1.165, 1.54) is 6.42 Å². The Kier molecular flexibility index (Phi) is 2.44. The molecule has 1 saturated carbocycles. The predicted octanol–water partition coefficient (Wildman–Crippen LogP) is 0.688. The van der Waals surface area contributed by atoms with Crippen LogP contribution in [0.15, 0.2) is 18.7 Å². The summed E-state index contributed by atoms with van der Waals surface area (Å²) in [6.07, 6.45) is 8.99. The number of nitrogens with zero attached hydrogens (tertiary/aromatic N) is 5. The number of rotatable bonds is 1. The van der Waals surface area contributed by atoms with Gasteiger partial charge in [-0.3, -0.25) is 4.40 Å². The molecule has 2 aromatic rings. The maximum Gasteiger partial charge on any atom is 0.203 e. The maximum absolute atomic E-state index is 6.09. The lowest BCUT2D eigenvalue weighted by molar-refractivity contribution is 0.271. The molecule has 2 aromatic heterocycles. The summed E-state index contributed by atoms with van der Waals surface area (Å²) in [6.45, 7) is 2.13. The minimum absolute atomic E-state index is 0.387. The van der Waals surface area contributed by atoms with Crippen molar-refractivity contribution in [2.75, 3.05) is 18.0 Å². The van der Waals surface area contributed by atoms with E-state index in [2.05, 4.69) is 20.1 Å². The number of fused-ring (bicyclic) bond motifs is 2. The van der Waals surface area contributed by atoms with Crippen LogP contribution >= 0.6 is 0 Å². The van der Waals surface area contributed by atoms with Gasteiger partial charge in [-0.2, -0.15) is 0 Å². The minimum atomic E-state index is 0.387. The van der Waals surface area contributed by atoms with Gasteiger partial charge in [0.05, 0.1) is 0 Å². The smallest absolute Gasteiger partial charge is 0.203 e. The average Bonchev–Trinajstić information content (AvgIpc) is 3.03. The highest BCUT2D eigenvalue weighted by Crippen LogP contribution is 2.37. The van der Waals surface area contributed by atoms with Crippen LogP contribution in [-0.2, 0) is 0 Å². The van der Waals surface area contributed by atoms with Crippen molar-refractivity contribution in [1.29, 1.82) is 0 Å². The molecule has 6 heteroatoms. The van der Waals surface area contributed by atoms with Crippen LogP contribution in [0.25, 0.3) is 5.65 Å². The highest BCUT2D eigenvalue weighted by atomic mass is 15.3.